The maximum absolute atomic E-state index is 9.17. The number of rotatable bonds is 0. The van der Waals surface area contributed by atoms with Crippen LogP contribution in [0.25, 0.3) is 0 Å². The summed E-state index contributed by atoms with van der Waals surface area (Å²) < 4.78 is 0. The highest BCUT2D eigenvalue weighted by molar-refractivity contribution is 6.40. The van der Waals surface area contributed by atoms with E-state index in [2.05, 4.69) is 6.92 Å². The molecule has 0 aliphatic heterocycles. The molecule has 3 unspecified atom stereocenters. The van der Waals surface area contributed by atoms with Crippen molar-refractivity contribution in [3.63, 3.8) is 0 Å². The molecule has 2 aliphatic carbocycles. The van der Waals surface area contributed by atoms with E-state index in [0.717, 1.165) is 44.9 Å². The van der Waals surface area contributed by atoms with Crippen LogP contribution in [0.15, 0.2) is 0 Å². The van der Waals surface area contributed by atoms with Gasteiger partial charge in [0.05, 0.1) is 17.5 Å². The largest absolute Gasteiger partial charge is 0.392 e. The topological polar surface area (TPSA) is 93.9 Å². The van der Waals surface area contributed by atoms with Crippen molar-refractivity contribution in [3.8, 4) is 0 Å². The number of aliphatic hydroxyl groups excluding tert-OH is 1. The molecule has 0 aromatic rings. The van der Waals surface area contributed by atoms with E-state index in [1.807, 2.05) is 0 Å². The molecule has 0 heterocycles. The summed E-state index contributed by atoms with van der Waals surface area (Å²) in [5.41, 5.74) is 6.72. The third-order valence-electron chi connectivity index (χ3n) is 3.59. The molecular weight excluding hydrogens is 214 g/mol. The summed E-state index contributed by atoms with van der Waals surface area (Å²) in [5.74, 6) is 0.711. The van der Waals surface area contributed by atoms with Gasteiger partial charge in [-0.15, -0.1) is 0 Å². The molecule has 4 nitrogen and oxygen atoms in total. The molecule has 2 saturated carbocycles. The molecule has 0 aromatic heterocycles. The highest BCUT2D eigenvalue weighted by Crippen LogP contribution is 2.22. The van der Waals surface area contributed by atoms with Crippen molar-refractivity contribution in [1.29, 1.82) is 10.8 Å². The zero-order valence-electron chi connectivity index (χ0n) is 10.7. The Balaban J connectivity index is 0.000000171. The Morgan fingerprint density at radius 3 is 2.00 bits per heavy atom. The second kappa shape index (κ2) is 6.87. The lowest BCUT2D eigenvalue weighted by molar-refractivity contribution is 0.0906. The molecule has 3 atom stereocenters. The van der Waals surface area contributed by atoms with Crippen molar-refractivity contribution in [3.05, 3.63) is 0 Å². The van der Waals surface area contributed by atoms with Crippen LogP contribution in [0.1, 0.15) is 51.9 Å². The van der Waals surface area contributed by atoms with E-state index in [1.165, 1.54) is 0 Å². The Bertz CT molecular complexity index is 262. The van der Waals surface area contributed by atoms with Crippen molar-refractivity contribution < 1.29 is 5.11 Å². The molecule has 0 bridgehead atoms. The molecule has 0 radical (unpaired) electrons. The number of hydrogen-bond acceptors (Lipinski definition) is 4. The third-order valence-corrected chi connectivity index (χ3v) is 3.59. The molecule has 0 spiro atoms. The summed E-state index contributed by atoms with van der Waals surface area (Å²) >= 11 is 0. The zero-order valence-corrected chi connectivity index (χ0v) is 10.7. The number of nitrogens with one attached hydrogen (secondary N) is 2. The Morgan fingerprint density at radius 1 is 1.12 bits per heavy atom. The van der Waals surface area contributed by atoms with Gasteiger partial charge in [-0.3, -0.25) is 0 Å². The predicted molar refractivity (Wildman–Crippen MR) is 70.9 cm³/mol. The Kier molecular flexibility index (Phi) is 5.78. The quantitative estimate of drug-likeness (QED) is 0.521. The lowest BCUT2D eigenvalue weighted by atomic mass is 9.86. The van der Waals surface area contributed by atoms with Crippen molar-refractivity contribution in [2.45, 2.75) is 64.0 Å². The second-order valence-electron chi connectivity index (χ2n) is 5.31. The first kappa shape index (κ1) is 14.3. The summed E-state index contributed by atoms with van der Waals surface area (Å²) in [6.45, 7) is 2.19. The highest BCUT2D eigenvalue weighted by Gasteiger charge is 2.23. The van der Waals surface area contributed by atoms with Gasteiger partial charge in [-0.1, -0.05) is 6.92 Å². The van der Waals surface area contributed by atoms with Crippen LogP contribution in [-0.2, 0) is 0 Å². The smallest absolute Gasteiger partial charge is 0.0691 e. The summed E-state index contributed by atoms with van der Waals surface area (Å²) in [5, 5.41) is 23.5. The van der Waals surface area contributed by atoms with Gasteiger partial charge in [-0.25, -0.2) is 0 Å². The predicted octanol–water partition coefficient (Wildman–Crippen LogP) is 2.09. The summed E-state index contributed by atoms with van der Waals surface area (Å²) in [7, 11) is 0. The Hall–Kier alpha value is -0.740. The van der Waals surface area contributed by atoms with Crippen LogP contribution in [0.3, 0.4) is 0 Å². The minimum atomic E-state index is -0.235. The lowest BCUT2D eigenvalue weighted by Gasteiger charge is -2.28. The number of aliphatic hydroxyl groups is 1. The van der Waals surface area contributed by atoms with Crippen molar-refractivity contribution in [2.75, 3.05) is 0 Å². The standard InChI is InChI=1S/C7H15NO.C6H10N2/c1-5-2-3-7(9)6(8)4-5;7-5-3-1-2-4-6(5)8/h5-7,9H,2-4,8H2,1H3;7-8H,1-4H2. The first-order chi connectivity index (χ1) is 8.00. The SMILES string of the molecule is CC1CCC(O)C(N)C1.N=C1CCCCC1=N. The van der Waals surface area contributed by atoms with Crippen LogP contribution >= 0.6 is 0 Å². The molecule has 0 amide bonds. The molecule has 0 aromatic carbocycles. The van der Waals surface area contributed by atoms with E-state index in [1.54, 1.807) is 0 Å². The monoisotopic (exact) mass is 239 g/mol. The van der Waals surface area contributed by atoms with Gasteiger partial charge >= 0.3 is 0 Å². The van der Waals surface area contributed by atoms with E-state index >= 15 is 0 Å². The fourth-order valence-corrected chi connectivity index (χ4v) is 2.31. The van der Waals surface area contributed by atoms with E-state index in [0.29, 0.717) is 17.3 Å². The summed E-state index contributed by atoms with van der Waals surface area (Å²) in [4.78, 5) is 0. The molecule has 4 heteroatoms. The average Bonchev–Trinajstić information content (AvgIpc) is 2.29. The fourth-order valence-electron chi connectivity index (χ4n) is 2.31. The molecule has 2 fully saturated rings. The third kappa shape index (κ3) is 4.96. The van der Waals surface area contributed by atoms with Gasteiger partial charge in [-0.05, 0) is 50.9 Å². The van der Waals surface area contributed by atoms with Crippen molar-refractivity contribution in [2.24, 2.45) is 11.7 Å². The minimum absolute atomic E-state index is 0.0359. The van der Waals surface area contributed by atoms with Gasteiger partial charge in [0, 0.05) is 6.04 Å². The zero-order chi connectivity index (χ0) is 12.8. The molecular formula is C13H25N3O. The van der Waals surface area contributed by atoms with Crippen LogP contribution in [0.5, 0.6) is 0 Å². The lowest BCUT2D eigenvalue weighted by Crippen LogP contribution is -2.39. The van der Waals surface area contributed by atoms with Crippen molar-refractivity contribution >= 4 is 11.4 Å². The van der Waals surface area contributed by atoms with Gasteiger partial charge in [-0.2, -0.15) is 0 Å². The average molecular weight is 239 g/mol. The summed E-state index contributed by atoms with van der Waals surface area (Å²) in [6, 6.07) is 0.0359. The van der Waals surface area contributed by atoms with Crippen LogP contribution < -0.4 is 5.73 Å². The van der Waals surface area contributed by atoms with E-state index < -0.39 is 0 Å². The van der Waals surface area contributed by atoms with Crippen LogP contribution in [-0.4, -0.2) is 28.7 Å². The Labute approximate surface area is 104 Å². The maximum atomic E-state index is 9.17. The van der Waals surface area contributed by atoms with Gasteiger partial charge in [0.15, 0.2) is 0 Å². The van der Waals surface area contributed by atoms with E-state index in [4.69, 9.17) is 16.6 Å². The van der Waals surface area contributed by atoms with Gasteiger partial charge < -0.3 is 21.7 Å². The van der Waals surface area contributed by atoms with E-state index in [9.17, 15) is 5.11 Å². The second-order valence-corrected chi connectivity index (χ2v) is 5.31. The molecule has 0 saturated heterocycles. The molecule has 17 heavy (non-hydrogen) atoms. The number of hydrogen-bond donors (Lipinski definition) is 4. The number of nitrogens with two attached hydrogens (primary N) is 1. The van der Waals surface area contributed by atoms with Crippen molar-refractivity contribution in [1.82, 2.24) is 0 Å². The summed E-state index contributed by atoms with van der Waals surface area (Å²) in [6.07, 6.45) is 6.67. The molecule has 2 rings (SSSR count). The van der Waals surface area contributed by atoms with Crippen LogP contribution in [0.2, 0.25) is 0 Å². The van der Waals surface area contributed by atoms with E-state index in [-0.39, 0.29) is 12.1 Å². The van der Waals surface area contributed by atoms with Crippen LogP contribution in [0.4, 0.5) is 0 Å². The molecule has 5 N–H and O–H groups in total. The molecule has 98 valence electrons. The minimum Gasteiger partial charge on any atom is -0.392 e. The molecule has 2 aliphatic rings. The maximum Gasteiger partial charge on any atom is 0.0691 e. The normalized spacial score (nSPS) is 33.9. The highest BCUT2D eigenvalue weighted by atomic mass is 16.3. The van der Waals surface area contributed by atoms with Gasteiger partial charge in [0.2, 0.25) is 0 Å². The van der Waals surface area contributed by atoms with Gasteiger partial charge in [0.1, 0.15) is 0 Å². The van der Waals surface area contributed by atoms with Gasteiger partial charge in [0.25, 0.3) is 0 Å². The Morgan fingerprint density at radius 2 is 1.65 bits per heavy atom. The first-order valence-electron chi connectivity index (χ1n) is 6.59. The first-order valence-corrected chi connectivity index (χ1v) is 6.59. The van der Waals surface area contributed by atoms with Crippen LogP contribution in [0, 0.1) is 16.7 Å². The fraction of sp³-hybridized carbons (Fsp3) is 0.846.